The van der Waals surface area contributed by atoms with Gasteiger partial charge in [-0.15, -0.1) is 0 Å². The number of pyridine rings is 1. The Morgan fingerprint density at radius 2 is 1.81 bits per heavy atom. The third-order valence-electron chi connectivity index (χ3n) is 6.36. The van der Waals surface area contributed by atoms with Crippen LogP contribution in [0.5, 0.6) is 0 Å². The smallest absolute Gasteiger partial charge is 0.251 e. The molecule has 1 amide bonds. The van der Waals surface area contributed by atoms with Gasteiger partial charge in [-0.05, 0) is 30.7 Å². The second kappa shape index (κ2) is 11.3. The van der Waals surface area contributed by atoms with E-state index in [1.807, 2.05) is 42.5 Å². The molecular weight excluding hydrogens is 470 g/mol. The number of hydrogen-bond donors (Lipinski definition) is 2. The highest BCUT2D eigenvalue weighted by Gasteiger charge is 2.22. The van der Waals surface area contributed by atoms with Gasteiger partial charge in [0.1, 0.15) is 12.1 Å². The summed E-state index contributed by atoms with van der Waals surface area (Å²) < 4.78 is 0. The largest absolute Gasteiger partial charge is 0.369 e. The van der Waals surface area contributed by atoms with Crippen molar-refractivity contribution in [2.24, 2.45) is 0 Å². The summed E-state index contributed by atoms with van der Waals surface area (Å²) in [6.07, 6.45) is 5.34. The second-order valence-corrected chi connectivity index (χ2v) is 9.62. The molecule has 0 spiro atoms. The minimum absolute atomic E-state index is 0.0371. The number of para-hydroxylation sites is 1. The monoisotopic (exact) mass is 499 g/mol. The molecule has 2 N–H and O–H groups in total. The molecule has 2 atom stereocenters. The Kier molecular flexibility index (Phi) is 7.95. The summed E-state index contributed by atoms with van der Waals surface area (Å²) in [5.41, 5.74) is 4.97. The van der Waals surface area contributed by atoms with Crippen LogP contribution < -0.4 is 10.6 Å². The maximum Gasteiger partial charge on any atom is 0.251 e. The predicted octanol–water partition coefficient (Wildman–Crippen LogP) is 5.20. The quantitative estimate of drug-likeness (QED) is 0.306. The summed E-state index contributed by atoms with van der Waals surface area (Å²) >= 11 is 1.78. The first kappa shape index (κ1) is 25.3. The zero-order chi connectivity index (χ0) is 25.7. The number of carbonyl (C=O) groups excluding carboxylic acids is 2. The van der Waals surface area contributed by atoms with Crippen molar-refractivity contribution in [1.82, 2.24) is 20.3 Å². The Bertz CT molecular complexity index is 1390. The van der Waals surface area contributed by atoms with E-state index < -0.39 is 0 Å². The van der Waals surface area contributed by atoms with E-state index in [2.05, 4.69) is 44.8 Å². The van der Waals surface area contributed by atoms with Crippen LogP contribution in [0.4, 0.5) is 5.82 Å². The lowest BCUT2D eigenvalue weighted by Crippen LogP contribution is -2.23. The molecule has 36 heavy (non-hydrogen) atoms. The van der Waals surface area contributed by atoms with Crippen molar-refractivity contribution < 1.29 is 9.59 Å². The summed E-state index contributed by atoms with van der Waals surface area (Å²) in [6, 6.07) is 17.1. The molecule has 2 aromatic heterocycles. The van der Waals surface area contributed by atoms with Gasteiger partial charge in [-0.25, -0.2) is 9.97 Å². The number of thioether (sulfide) groups is 1. The molecule has 0 aliphatic heterocycles. The molecule has 0 radical (unpaired) electrons. The first-order chi connectivity index (χ1) is 17.4. The molecule has 0 fully saturated rings. The summed E-state index contributed by atoms with van der Waals surface area (Å²) in [5.74, 6) is 0.824. The van der Waals surface area contributed by atoms with Gasteiger partial charge in [-0.1, -0.05) is 49.4 Å². The Morgan fingerprint density at radius 3 is 2.50 bits per heavy atom. The number of Topliss-reactive ketones (excluding diaryl/α,β-unsaturated/α-hetero) is 1. The standard InChI is InChI=1S/C28H29N5O2S/c1-17(21-6-5-7-22-23(28(35)29-3)12-13-30-27(21)22)25(36-4)15-31-26-14-24(32-16-33-26)20-10-8-19(9-11-20)18(2)34/h5-14,16-17,25H,15H2,1-4H3,(H,29,35)(H,31,32,33). The number of fused-ring (bicyclic) bond motifs is 1. The molecule has 0 bridgehead atoms. The van der Waals surface area contributed by atoms with Crippen molar-refractivity contribution in [2.45, 2.75) is 25.0 Å². The molecule has 2 aromatic carbocycles. The van der Waals surface area contributed by atoms with Crippen molar-refractivity contribution in [3.63, 3.8) is 0 Å². The third kappa shape index (κ3) is 5.39. The number of anilines is 1. The molecule has 8 heteroatoms. The van der Waals surface area contributed by atoms with Gasteiger partial charge >= 0.3 is 0 Å². The molecule has 4 rings (SSSR count). The van der Waals surface area contributed by atoms with Crippen LogP contribution in [0.3, 0.4) is 0 Å². The Hall–Kier alpha value is -3.78. The van der Waals surface area contributed by atoms with E-state index >= 15 is 0 Å². The van der Waals surface area contributed by atoms with Crippen LogP contribution in [0.1, 0.15) is 46.0 Å². The summed E-state index contributed by atoms with van der Waals surface area (Å²) in [6.45, 7) is 4.43. The Labute approximate surface area is 215 Å². The van der Waals surface area contributed by atoms with Crippen molar-refractivity contribution in [2.75, 3.05) is 25.2 Å². The number of benzene rings is 2. The summed E-state index contributed by atoms with van der Waals surface area (Å²) in [5, 5.41) is 7.26. The number of nitrogens with one attached hydrogen (secondary N) is 2. The molecular formula is C28H29N5O2S. The summed E-state index contributed by atoms with van der Waals surface area (Å²) in [4.78, 5) is 37.3. The predicted molar refractivity (Wildman–Crippen MR) is 147 cm³/mol. The number of amides is 1. The first-order valence-electron chi connectivity index (χ1n) is 11.7. The fourth-order valence-electron chi connectivity index (χ4n) is 4.26. The Morgan fingerprint density at radius 1 is 1.03 bits per heavy atom. The van der Waals surface area contributed by atoms with Crippen LogP contribution in [-0.4, -0.2) is 51.7 Å². The van der Waals surface area contributed by atoms with Crippen molar-refractivity contribution >= 4 is 40.2 Å². The van der Waals surface area contributed by atoms with E-state index in [0.717, 1.165) is 33.5 Å². The van der Waals surface area contributed by atoms with Gasteiger partial charge in [0.2, 0.25) is 0 Å². The van der Waals surface area contributed by atoms with Crippen LogP contribution in [0.25, 0.3) is 22.2 Å². The third-order valence-corrected chi connectivity index (χ3v) is 7.54. The molecule has 0 aliphatic rings. The highest BCUT2D eigenvalue weighted by atomic mass is 32.2. The topological polar surface area (TPSA) is 96.9 Å². The molecule has 184 valence electrons. The maximum absolute atomic E-state index is 12.4. The fraction of sp³-hybridized carbons (Fsp3) is 0.250. The minimum Gasteiger partial charge on any atom is -0.369 e. The molecule has 2 heterocycles. The zero-order valence-electron chi connectivity index (χ0n) is 20.8. The number of nitrogens with zero attached hydrogens (tertiary/aromatic N) is 3. The van der Waals surface area contributed by atoms with Gasteiger partial charge in [0.25, 0.3) is 5.91 Å². The van der Waals surface area contributed by atoms with E-state index in [1.54, 1.807) is 44.3 Å². The van der Waals surface area contributed by atoms with E-state index in [-0.39, 0.29) is 22.9 Å². The average molecular weight is 500 g/mol. The van der Waals surface area contributed by atoms with Crippen molar-refractivity contribution in [3.8, 4) is 11.3 Å². The van der Waals surface area contributed by atoms with E-state index in [4.69, 9.17) is 0 Å². The van der Waals surface area contributed by atoms with E-state index in [1.165, 1.54) is 0 Å². The lowest BCUT2D eigenvalue weighted by molar-refractivity contribution is 0.0963. The molecule has 4 aromatic rings. The number of rotatable bonds is 9. The zero-order valence-corrected chi connectivity index (χ0v) is 21.6. The van der Waals surface area contributed by atoms with Crippen LogP contribution >= 0.6 is 11.8 Å². The van der Waals surface area contributed by atoms with Crippen molar-refractivity contribution in [1.29, 1.82) is 0 Å². The number of hydrogen-bond acceptors (Lipinski definition) is 7. The van der Waals surface area contributed by atoms with Gasteiger partial charge in [-0.2, -0.15) is 11.8 Å². The number of carbonyl (C=O) groups is 2. The van der Waals surface area contributed by atoms with Crippen LogP contribution in [-0.2, 0) is 0 Å². The molecule has 0 saturated heterocycles. The number of aromatic nitrogens is 3. The lowest BCUT2D eigenvalue weighted by Gasteiger charge is -2.24. The van der Waals surface area contributed by atoms with Gasteiger partial charge in [0.15, 0.2) is 5.78 Å². The van der Waals surface area contributed by atoms with Gasteiger partial charge in [0, 0.05) is 47.6 Å². The van der Waals surface area contributed by atoms with Gasteiger partial charge in [0.05, 0.1) is 16.8 Å². The molecule has 2 unspecified atom stereocenters. The molecule has 0 aliphatic carbocycles. The van der Waals surface area contributed by atoms with Crippen LogP contribution in [0.15, 0.2) is 67.1 Å². The summed E-state index contributed by atoms with van der Waals surface area (Å²) in [7, 11) is 1.64. The highest BCUT2D eigenvalue weighted by Crippen LogP contribution is 2.32. The lowest BCUT2D eigenvalue weighted by atomic mass is 9.93. The van der Waals surface area contributed by atoms with Gasteiger partial charge in [-0.3, -0.25) is 14.6 Å². The molecule has 7 nitrogen and oxygen atoms in total. The second-order valence-electron chi connectivity index (χ2n) is 8.55. The fourth-order valence-corrected chi connectivity index (χ4v) is 5.06. The molecule has 0 saturated carbocycles. The number of ketones is 1. The van der Waals surface area contributed by atoms with Crippen LogP contribution in [0.2, 0.25) is 0 Å². The minimum atomic E-state index is -0.120. The normalized spacial score (nSPS) is 12.7. The highest BCUT2D eigenvalue weighted by molar-refractivity contribution is 7.99. The Balaban J connectivity index is 1.53. The SMILES string of the molecule is CNC(=O)c1ccnc2c(C(C)C(CNc3cc(-c4ccc(C(C)=O)cc4)ncn3)SC)cccc12. The van der Waals surface area contributed by atoms with Gasteiger partial charge < -0.3 is 10.6 Å². The van der Waals surface area contributed by atoms with Crippen LogP contribution in [0, 0.1) is 0 Å². The first-order valence-corrected chi connectivity index (χ1v) is 13.0. The van der Waals surface area contributed by atoms with Crippen molar-refractivity contribution in [3.05, 3.63) is 83.8 Å². The van der Waals surface area contributed by atoms with E-state index in [0.29, 0.717) is 17.7 Å². The van der Waals surface area contributed by atoms with E-state index in [9.17, 15) is 9.59 Å². The maximum atomic E-state index is 12.4. The average Bonchev–Trinajstić information content (AvgIpc) is 2.92.